The number of benzene rings is 1. The van der Waals surface area contributed by atoms with Crippen LogP contribution in [0, 0.1) is 10.8 Å². The van der Waals surface area contributed by atoms with Crippen molar-refractivity contribution in [1.29, 1.82) is 0 Å². The number of Topliss-reactive ketones (excluding diaryl/α,β-unsaturated/α-hetero) is 1. The first kappa shape index (κ1) is 21.5. The predicted molar refractivity (Wildman–Crippen MR) is 117 cm³/mol. The summed E-state index contributed by atoms with van der Waals surface area (Å²) in [6.07, 6.45) is 6.84. The second kappa shape index (κ2) is 7.14. The topological polar surface area (TPSA) is 115 Å². The highest BCUT2D eigenvalue weighted by molar-refractivity contribution is 5.97. The molecule has 4 rings (SSSR count). The van der Waals surface area contributed by atoms with Crippen LogP contribution in [0.15, 0.2) is 30.3 Å². The number of nitrogens with zero attached hydrogens (tertiary/aromatic N) is 1. The van der Waals surface area contributed by atoms with E-state index in [1.54, 1.807) is 0 Å². The Morgan fingerprint density at radius 2 is 1.67 bits per heavy atom. The highest BCUT2D eigenvalue weighted by Crippen LogP contribution is 2.61. The van der Waals surface area contributed by atoms with Crippen molar-refractivity contribution >= 4 is 11.7 Å². The molecular weight excluding hydrogens is 376 g/mol. The molecule has 6 N–H and O–H groups in total. The lowest BCUT2D eigenvalue weighted by molar-refractivity contribution is -0.139. The van der Waals surface area contributed by atoms with Crippen LogP contribution in [-0.4, -0.2) is 42.3 Å². The molecule has 0 heterocycles. The zero-order chi connectivity index (χ0) is 21.8. The molecule has 1 aromatic carbocycles. The summed E-state index contributed by atoms with van der Waals surface area (Å²) in [6.45, 7) is 0. The second-order valence-corrected chi connectivity index (χ2v) is 10.4. The van der Waals surface area contributed by atoms with Crippen LogP contribution < -0.4 is 17.2 Å². The summed E-state index contributed by atoms with van der Waals surface area (Å²) in [6, 6.07) is 10.0. The number of carbonyl (C=O) groups excluding carboxylic acids is 2. The van der Waals surface area contributed by atoms with E-state index >= 15 is 0 Å². The Morgan fingerprint density at radius 1 is 1.07 bits per heavy atom. The smallest absolute Gasteiger partial charge is 0.223 e. The minimum Gasteiger partial charge on any atom is -0.369 e. The van der Waals surface area contributed by atoms with E-state index in [9.17, 15) is 9.59 Å². The third-order valence-electron chi connectivity index (χ3n) is 8.99. The maximum atomic E-state index is 13.3. The fourth-order valence-electron chi connectivity index (χ4n) is 6.75. The molecule has 0 saturated heterocycles. The SMILES string of the molecule is CN(C)C1(c2ccccc2)CCC2(CC1)C[C@H](N)C(=O)[C@@]2(N)CC1(C(N)=O)CCC1. The van der Waals surface area contributed by atoms with Gasteiger partial charge in [-0.3, -0.25) is 14.5 Å². The van der Waals surface area contributed by atoms with Gasteiger partial charge in [-0.1, -0.05) is 36.8 Å². The molecule has 30 heavy (non-hydrogen) atoms. The number of amides is 1. The standard InChI is InChI=1S/C24H36N4O2/c1-28(2)23(17-7-4-3-5-8-17)13-11-22(12-14-23)15-18(25)19(29)24(22,27)16-21(20(26)30)9-6-10-21/h3-5,7-8,18H,6,9-16,25,27H2,1-2H3,(H2,26,30)/t18-,22?,23?,24-/m0/s1. The van der Waals surface area contributed by atoms with Crippen LogP contribution in [0.5, 0.6) is 0 Å². The summed E-state index contributed by atoms with van der Waals surface area (Å²) in [5.41, 5.74) is 18.2. The van der Waals surface area contributed by atoms with Gasteiger partial charge in [0.05, 0.1) is 17.0 Å². The van der Waals surface area contributed by atoms with Gasteiger partial charge in [0.15, 0.2) is 5.78 Å². The van der Waals surface area contributed by atoms with Crippen LogP contribution >= 0.6 is 0 Å². The predicted octanol–water partition coefficient (Wildman–Crippen LogP) is 2.05. The van der Waals surface area contributed by atoms with E-state index in [1.807, 2.05) is 6.07 Å². The molecule has 1 spiro atoms. The summed E-state index contributed by atoms with van der Waals surface area (Å²) in [7, 11) is 4.26. The number of rotatable bonds is 5. The lowest BCUT2D eigenvalue weighted by Crippen LogP contribution is -2.64. The summed E-state index contributed by atoms with van der Waals surface area (Å²) in [5.74, 6) is -0.392. The Bertz CT molecular complexity index is 825. The van der Waals surface area contributed by atoms with Crippen molar-refractivity contribution in [2.24, 2.45) is 28.0 Å². The quantitative estimate of drug-likeness (QED) is 0.684. The van der Waals surface area contributed by atoms with Crippen molar-refractivity contribution in [3.8, 4) is 0 Å². The Labute approximate surface area is 179 Å². The van der Waals surface area contributed by atoms with Gasteiger partial charge in [0.2, 0.25) is 5.91 Å². The van der Waals surface area contributed by atoms with E-state index in [1.165, 1.54) is 5.56 Å². The average Bonchev–Trinajstić information content (AvgIpc) is 2.87. The fourth-order valence-corrected chi connectivity index (χ4v) is 6.75. The molecule has 0 unspecified atom stereocenters. The molecule has 164 valence electrons. The van der Waals surface area contributed by atoms with E-state index in [4.69, 9.17) is 17.2 Å². The first-order valence-corrected chi connectivity index (χ1v) is 11.2. The number of carbonyl (C=O) groups is 2. The minimum absolute atomic E-state index is 0.0768. The molecule has 3 saturated carbocycles. The van der Waals surface area contributed by atoms with Crippen molar-refractivity contribution < 1.29 is 9.59 Å². The first-order valence-electron chi connectivity index (χ1n) is 11.2. The van der Waals surface area contributed by atoms with E-state index in [2.05, 4.69) is 43.3 Å². The van der Waals surface area contributed by atoms with Gasteiger partial charge in [0.1, 0.15) is 0 Å². The minimum atomic E-state index is -1.07. The van der Waals surface area contributed by atoms with Gasteiger partial charge in [-0.2, -0.15) is 0 Å². The zero-order valence-electron chi connectivity index (χ0n) is 18.3. The second-order valence-electron chi connectivity index (χ2n) is 10.4. The van der Waals surface area contributed by atoms with Gasteiger partial charge in [-0.05, 0) is 76.4 Å². The third kappa shape index (κ3) is 2.88. The largest absolute Gasteiger partial charge is 0.369 e. The molecule has 1 amide bonds. The molecule has 3 aliphatic rings. The zero-order valence-corrected chi connectivity index (χ0v) is 18.3. The third-order valence-corrected chi connectivity index (χ3v) is 8.99. The highest BCUT2D eigenvalue weighted by Gasteiger charge is 2.66. The van der Waals surface area contributed by atoms with Crippen molar-refractivity contribution in [1.82, 2.24) is 4.90 Å². The summed E-state index contributed by atoms with van der Waals surface area (Å²) in [5, 5.41) is 0. The van der Waals surface area contributed by atoms with Crippen LogP contribution in [0.2, 0.25) is 0 Å². The molecule has 3 aliphatic carbocycles. The number of hydrogen-bond acceptors (Lipinski definition) is 5. The van der Waals surface area contributed by atoms with E-state index < -0.39 is 17.0 Å². The Kier molecular flexibility index (Phi) is 5.11. The van der Waals surface area contributed by atoms with Crippen LogP contribution in [0.4, 0.5) is 0 Å². The van der Waals surface area contributed by atoms with Gasteiger partial charge in [-0.15, -0.1) is 0 Å². The Morgan fingerprint density at radius 3 is 2.13 bits per heavy atom. The van der Waals surface area contributed by atoms with E-state index in [0.717, 1.165) is 44.9 Å². The Balaban J connectivity index is 1.67. The van der Waals surface area contributed by atoms with Crippen molar-refractivity contribution in [3.63, 3.8) is 0 Å². The number of ketones is 1. The van der Waals surface area contributed by atoms with Crippen LogP contribution in [0.25, 0.3) is 0 Å². The van der Waals surface area contributed by atoms with Gasteiger partial charge < -0.3 is 17.2 Å². The summed E-state index contributed by atoms with van der Waals surface area (Å²) >= 11 is 0. The monoisotopic (exact) mass is 412 g/mol. The molecular formula is C24H36N4O2. The van der Waals surface area contributed by atoms with Gasteiger partial charge >= 0.3 is 0 Å². The number of primary amides is 1. The van der Waals surface area contributed by atoms with Crippen molar-refractivity contribution in [2.75, 3.05) is 14.1 Å². The average molecular weight is 413 g/mol. The van der Waals surface area contributed by atoms with Crippen molar-refractivity contribution in [3.05, 3.63) is 35.9 Å². The molecule has 6 nitrogen and oxygen atoms in total. The molecule has 6 heteroatoms. The van der Waals surface area contributed by atoms with Gasteiger partial charge in [0.25, 0.3) is 0 Å². The van der Waals surface area contributed by atoms with E-state index in [-0.39, 0.29) is 22.6 Å². The van der Waals surface area contributed by atoms with E-state index in [0.29, 0.717) is 12.8 Å². The van der Waals surface area contributed by atoms with Gasteiger partial charge in [-0.25, -0.2) is 0 Å². The van der Waals surface area contributed by atoms with Crippen LogP contribution in [0.1, 0.15) is 63.4 Å². The molecule has 0 aliphatic heterocycles. The number of nitrogens with two attached hydrogens (primary N) is 3. The summed E-state index contributed by atoms with van der Waals surface area (Å²) in [4.78, 5) is 27.9. The van der Waals surface area contributed by atoms with Crippen LogP contribution in [-0.2, 0) is 15.1 Å². The molecule has 1 aromatic rings. The maximum Gasteiger partial charge on any atom is 0.223 e. The lowest BCUT2D eigenvalue weighted by atomic mass is 9.52. The normalized spacial score (nSPS) is 38.0. The highest BCUT2D eigenvalue weighted by atomic mass is 16.1. The molecule has 0 aromatic heterocycles. The van der Waals surface area contributed by atoms with Crippen LogP contribution in [0.3, 0.4) is 0 Å². The lowest BCUT2D eigenvalue weighted by Gasteiger charge is -2.55. The Hall–Kier alpha value is -1.76. The van der Waals surface area contributed by atoms with Gasteiger partial charge in [0, 0.05) is 5.54 Å². The molecule has 0 radical (unpaired) electrons. The number of hydrogen-bond donors (Lipinski definition) is 3. The molecule has 2 atom stereocenters. The molecule has 3 fully saturated rings. The van der Waals surface area contributed by atoms with Crippen molar-refractivity contribution in [2.45, 2.75) is 74.9 Å². The summed E-state index contributed by atoms with van der Waals surface area (Å²) < 4.78 is 0. The first-order chi connectivity index (χ1) is 14.1. The molecule has 0 bridgehead atoms. The maximum absolute atomic E-state index is 13.3. The fraction of sp³-hybridized carbons (Fsp3) is 0.667.